The Hall–Kier alpha value is -1.07. The van der Waals surface area contributed by atoms with Gasteiger partial charge in [0.2, 0.25) is 0 Å². The van der Waals surface area contributed by atoms with Gasteiger partial charge in [0.25, 0.3) is 0 Å². The normalized spacial score (nSPS) is 12.4. The summed E-state index contributed by atoms with van der Waals surface area (Å²) < 4.78 is 13.6. The second kappa shape index (κ2) is 7.38. The molecule has 0 aromatic heterocycles. The summed E-state index contributed by atoms with van der Waals surface area (Å²) in [5.41, 5.74) is 0.876. The van der Waals surface area contributed by atoms with Crippen LogP contribution in [0.25, 0.3) is 0 Å². The fraction of sp³-hybridized carbons (Fsp3) is 0.462. The summed E-state index contributed by atoms with van der Waals surface area (Å²) in [6, 6.07) is 5.21. The van der Waals surface area contributed by atoms with Crippen LogP contribution in [0.3, 0.4) is 0 Å². The summed E-state index contributed by atoms with van der Waals surface area (Å²) in [4.78, 5) is 11.0. The molecule has 1 atom stereocenters. The molecular formula is C13H18FNO2S. The van der Waals surface area contributed by atoms with Gasteiger partial charge in [-0.15, -0.1) is 11.8 Å². The van der Waals surface area contributed by atoms with Crippen LogP contribution in [0.1, 0.15) is 31.4 Å². The minimum Gasteiger partial charge on any atom is -0.481 e. The number of thioether (sulfide) groups is 1. The van der Waals surface area contributed by atoms with Crippen molar-refractivity contribution in [2.45, 2.75) is 30.7 Å². The highest BCUT2D eigenvalue weighted by atomic mass is 32.2. The summed E-state index contributed by atoms with van der Waals surface area (Å²) in [6.45, 7) is 2.55. The Labute approximate surface area is 111 Å². The number of nitrogens with one attached hydrogen (secondary N) is 1. The highest BCUT2D eigenvalue weighted by Crippen LogP contribution is 2.22. The Bertz CT molecular complexity index is 412. The lowest BCUT2D eigenvalue weighted by Crippen LogP contribution is -2.20. The Morgan fingerprint density at radius 1 is 1.56 bits per heavy atom. The van der Waals surface area contributed by atoms with Gasteiger partial charge in [-0.3, -0.25) is 4.79 Å². The number of benzene rings is 1. The van der Waals surface area contributed by atoms with E-state index in [0.717, 1.165) is 5.56 Å². The van der Waals surface area contributed by atoms with Crippen LogP contribution in [0.4, 0.5) is 4.39 Å². The van der Waals surface area contributed by atoms with Crippen molar-refractivity contribution in [1.29, 1.82) is 0 Å². The van der Waals surface area contributed by atoms with E-state index in [2.05, 4.69) is 5.32 Å². The molecule has 0 aliphatic heterocycles. The fourth-order valence-electron chi connectivity index (χ4n) is 1.63. The number of carboxylic acids is 1. The van der Waals surface area contributed by atoms with E-state index in [1.165, 1.54) is 17.8 Å². The quantitative estimate of drug-likeness (QED) is 0.591. The molecule has 0 amide bonds. The van der Waals surface area contributed by atoms with Crippen molar-refractivity contribution in [2.75, 3.05) is 12.8 Å². The van der Waals surface area contributed by atoms with Crippen molar-refractivity contribution in [3.63, 3.8) is 0 Å². The lowest BCUT2D eigenvalue weighted by atomic mass is 10.1. The van der Waals surface area contributed by atoms with E-state index in [1.807, 2.05) is 19.2 Å². The van der Waals surface area contributed by atoms with Crippen LogP contribution in [0.5, 0.6) is 0 Å². The van der Waals surface area contributed by atoms with Crippen LogP contribution in [-0.4, -0.2) is 23.9 Å². The van der Waals surface area contributed by atoms with Gasteiger partial charge in [-0.1, -0.05) is 6.07 Å². The van der Waals surface area contributed by atoms with Gasteiger partial charge in [-0.25, -0.2) is 4.39 Å². The zero-order valence-electron chi connectivity index (χ0n) is 10.6. The molecule has 0 radical (unpaired) electrons. The first-order chi connectivity index (χ1) is 8.54. The van der Waals surface area contributed by atoms with Crippen LogP contribution in [0, 0.1) is 5.82 Å². The predicted molar refractivity (Wildman–Crippen MR) is 71.5 cm³/mol. The Balaban J connectivity index is 2.48. The maximum absolute atomic E-state index is 13.6. The molecule has 0 spiro atoms. The second-order valence-corrected chi connectivity index (χ2v) is 4.92. The van der Waals surface area contributed by atoms with E-state index in [9.17, 15) is 9.18 Å². The van der Waals surface area contributed by atoms with Crippen LogP contribution in [-0.2, 0) is 4.79 Å². The molecule has 0 saturated heterocycles. The molecule has 100 valence electrons. The summed E-state index contributed by atoms with van der Waals surface area (Å²) in [5, 5.41) is 11.7. The topological polar surface area (TPSA) is 49.3 Å². The van der Waals surface area contributed by atoms with Crippen molar-refractivity contribution < 1.29 is 14.3 Å². The van der Waals surface area contributed by atoms with Gasteiger partial charge in [0.1, 0.15) is 5.82 Å². The molecule has 0 bridgehead atoms. The summed E-state index contributed by atoms with van der Waals surface area (Å²) >= 11 is 1.38. The lowest BCUT2D eigenvalue weighted by Gasteiger charge is -2.14. The van der Waals surface area contributed by atoms with Gasteiger partial charge in [0.15, 0.2) is 0 Å². The van der Waals surface area contributed by atoms with Gasteiger partial charge < -0.3 is 10.4 Å². The fourth-order valence-corrected chi connectivity index (χ4v) is 2.09. The zero-order chi connectivity index (χ0) is 13.5. The lowest BCUT2D eigenvalue weighted by molar-refractivity contribution is -0.137. The van der Waals surface area contributed by atoms with E-state index < -0.39 is 5.97 Å². The molecular weight excluding hydrogens is 253 g/mol. The standard InChI is InChI=1S/C13H18FNO2S/c1-9(15-7-3-4-13(16)17)10-5-6-12(18-2)11(14)8-10/h5-6,8-9,15H,3-4,7H2,1-2H3,(H,16,17). The molecule has 3 nitrogen and oxygen atoms in total. The number of aliphatic carboxylic acids is 1. The number of halogens is 1. The summed E-state index contributed by atoms with van der Waals surface area (Å²) in [7, 11) is 0. The molecule has 1 unspecified atom stereocenters. The van der Waals surface area contributed by atoms with Crippen LogP contribution < -0.4 is 5.32 Å². The molecule has 0 heterocycles. The Morgan fingerprint density at radius 3 is 2.83 bits per heavy atom. The first-order valence-electron chi connectivity index (χ1n) is 5.83. The second-order valence-electron chi connectivity index (χ2n) is 4.07. The van der Waals surface area contributed by atoms with E-state index in [0.29, 0.717) is 17.9 Å². The van der Waals surface area contributed by atoms with Crippen molar-refractivity contribution in [1.82, 2.24) is 5.32 Å². The molecule has 1 aromatic carbocycles. The number of hydrogen-bond acceptors (Lipinski definition) is 3. The van der Waals surface area contributed by atoms with Gasteiger partial charge in [0, 0.05) is 17.4 Å². The van der Waals surface area contributed by atoms with Crippen molar-refractivity contribution in [3.8, 4) is 0 Å². The zero-order valence-corrected chi connectivity index (χ0v) is 11.4. The molecule has 2 N–H and O–H groups in total. The van der Waals surface area contributed by atoms with E-state index in [1.54, 1.807) is 6.07 Å². The van der Waals surface area contributed by atoms with Gasteiger partial charge in [-0.2, -0.15) is 0 Å². The maximum atomic E-state index is 13.6. The average Bonchev–Trinajstić information content (AvgIpc) is 2.34. The Kier molecular flexibility index (Phi) is 6.15. The van der Waals surface area contributed by atoms with Crippen LogP contribution in [0.2, 0.25) is 0 Å². The molecule has 1 rings (SSSR count). The summed E-state index contributed by atoms with van der Waals surface area (Å²) in [6.07, 6.45) is 2.57. The summed E-state index contributed by atoms with van der Waals surface area (Å²) in [5.74, 6) is -1.00. The number of carbonyl (C=O) groups is 1. The molecule has 0 fully saturated rings. The third-order valence-electron chi connectivity index (χ3n) is 2.69. The first kappa shape index (κ1) is 15.0. The van der Waals surface area contributed by atoms with Gasteiger partial charge in [-0.05, 0) is 43.8 Å². The van der Waals surface area contributed by atoms with Crippen molar-refractivity contribution >= 4 is 17.7 Å². The van der Waals surface area contributed by atoms with Crippen LogP contribution >= 0.6 is 11.8 Å². The smallest absolute Gasteiger partial charge is 0.303 e. The van der Waals surface area contributed by atoms with Crippen LogP contribution in [0.15, 0.2) is 23.1 Å². The third-order valence-corrected chi connectivity index (χ3v) is 3.46. The van der Waals surface area contributed by atoms with E-state index in [4.69, 9.17) is 5.11 Å². The largest absolute Gasteiger partial charge is 0.481 e. The third kappa shape index (κ3) is 4.66. The molecule has 18 heavy (non-hydrogen) atoms. The number of rotatable bonds is 7. The molecule has 0 aliphatic rings. The number of hydrogen-bond donors (Lipinski definition) is 2. The molecule has 0 saturated carbocycles. The van der Waals surface area contributed by atoms with Gasteiger partial charge >= 0.3 is 5.97 Å². The predicted octanol–water partition coefficient (Wildman–Crippen LogP) is 3.06. The highest BCUT2D eigenvalue weighted by Gasteiger charge is 2.08. The first-order valence-corrected chi connectivity index (χ1v) is 7.05. The van der Waals surface area contributed by atoms with E-state index >= 15 is 0 Å². The Morgan fingerprint density at radius 2 is 2.28 bits per heavy atom. The highest BCUT2D eigenvalue weighted by molar-refractivity contribution is 7.98. The minimum atomic E-state index is -0.792. The SMILES string of the molecule is CSc1ccc(C(C)NCCCC(=O)O)cc1F. The van der Waals surface area contributed by atoms with Gasteiger partial charge in [0.05, 0.1) is 0 Å². The minimum absolute atomic E-state index is 0.0178. The number of carboxylic acid groups (broad SMARTS) is 1. The average molecular weight is 271 g/mol. The molecule has 5 heteroatoms. The maximum Gasteiger partial charge on any atom is 0.303 e. The monoisotopic (exact) mass is 271 g/mol. The molecule has 0 aliphatic carbocycles. The van der Waals surface area contributed by atoms with Crippen molar-refractivity contribution in [2.24, 2.45) is 0 Å². The van der Waals surface area contributed by atoms with Crippen molar-refractivity contribution in [3.05, 3.63) is 29.6 Å². The van der Waals surface area contributed by atoms with E-state index in [-0.39, 0.29) is 18.3 Å². The molecule has 1 aromatic rings.